The number of ketones is 1. The number of furan rings is 1. The normalized spacial score (nSPS) is 12.4. The lowest BCUT2D eigenvalue weighted by molar-refractivity contribution is 0.0952. The van der Waals surface area contributed by atoms with Crippen LogP contribution in [0, 0.1) is 0 Å². The number of hydrogen-bond donors (Lipinski definition) is 1. The van der Waals surface area contributed by atoms with Crippen LogP contribution in [0.3, 0.4) is 0 Å². The lowest BCUT2D eigenvalue weighted by Crippen LogP contribution is -2.12. The second-order valence-corrected chi connectivity index (χ2v) is 5.13. The fraction of sp³-hybridized carbons (Fsp3) is 0.167. The first-order valence-electron chi connectivity index (χ1n) is 7.06. The summed E-state index contributed by atoms with van der Waals surface area (Å²) in [6.07, 6.45) is 0.996. The van der Waals surface area contributed by atoms with Crippen LogP contribution in [0.2, 0.25) is 0 Å². The first kappa shape index (κ1) is 13.6. The molecule has 0 aliphatic rings. The minimum absolute atomic E-state index is 0.00224. The van der Waals surface area contributed by atoms with E-state index in [0.717, 1.165) is 16.5 Å². The fourth-order valence-electron chi connectivity index (χ4n) is 2.40. The van der Waals surface area contributed by atoms with E-state index in [2.05, 4.69) is 0 Å². The Morgan fingerprint density at radius 2 is 1.76 bits per heavy atom. The third-order valence-corrected chi connectivity index (χ3v) is 3.61. The molecule has 3 nitrogen and oxygen atoms in total. The van der Waals surface area contributed by atoms with Gasteiger partial charge in [-0.3, -0.25) is 4.79 Å². The van der Waals surface area contributed by atoms with Gasteiger partial charge in [0.15, 0.2) is 11.5 Å². The largest absolute Gasteiger partial charge is 0.453 e. The SMILES string of the molecule is NC(CCC(=O)c1cc2ccccc2o1)c1ccccc1. The Kier molecular flexibility index (Phi) is 3.84. The van der Waals surface area contributed by atoms with Gasteiger partial charge in [-0.1, -0.05) is 48.5 Å². The van der Waals surface area contributed by atoms with Crippen molar-refractivity contribution in [1.29, 1.82) is 0 Å². The fourth-order valence-corrected chi connectivity index (χ4v) is 2.40. The second kappa shape index (κ2) is 5.94. The number of para-hydroxylation sites is 1. The van der Waals surface area contributed by atoms with E-state index >= 15 is 0 Å². The molecule has 1 heterocycles. The van der Waals surface area contributed by atoms with Gasteiger partial charge >= 0.3 is 0 Å². The second-order valence-electron chi connectivity index (χ2n) is 5.13. The molecule has 106 valence electrons. The summed E-state index contributed by atoms with van der Waals surface area (Å²) in [5.74, 6) is 0.411. The van der Waals surface area contributed by atoms with Gasteiger partial charge in [0.1, 0.15) is 5.58 Å². The summed E-state index contributed by atoms with van der Waals surface area (Å²) in [6, 6.07) is 19.1. The Balaban J connectivity index is 1.66. The van der Waals surface area contributed by atoms with E-state index in [9.17, 15) is 4.79 Å². The molecule has 21 heavy (non-hydrogen) atoms. The van der Waals surface area contributed by atoms with Gasteiger partial charge in [0, 0.05) is 17.8 Å². The summed E-state index contributed by atoms with van der Waals surface area (Å²) in [5, 5.41) is 0.952. The topological polar surface area (TPSA) is 56.2 Å². The Hall–Kier alpha value is -2.39. The average molecular weight is 279 g/mol. The van der Waals surface area contributed by atoms with Crippen LogP contribution in [-0.2, 0) is 0 Å². The van der Waals surface area contributed by atoms with Gasteiger partial charge in [-0.2, -0.15) is 0 Å². The number of carbonyl (C=O) groups excluding carboxylic acids is 1. The average Bonchev–Trinajstić information content (AvgIpc) is 2.97. The summed E-state index contributed by atoms with van der Waals surface area (Å²) in [5.41, 5.74) is 7.91. The molecule has 0 aliphatic carbocycles. The van der Waals surface area contributed by atoms with E-state index in [4.69, 9.17) is 10.2 Å². The van der Waals surface area contributed by atoms with E-state index < -0.39 is 0 Å². The van der Waals surface area contributed by atoms with Gasteiger partial charge in [0.2, 0.25) is 0 Å². The molecule has 2 N–H and O–H groups in total. The predicted molar refractivity (Wildman–Crippen MR) is 83.1 cm³/mol. The molecule has 0 aliphatic heterocycles. The van der Waals surface area contributed by atoms with Crippen LogP contribution in [0.4, 0.5) is 0 Å². The van der Waals surface area contributed by atoms with Crippen LogP contribution in [0.1, 0.15) is 35.0 Å². The zero-order chi connectivity index (χ0) is 14.7. The first-order chi connectivity index (χ1) is 10.2. The minimum atomic E-state index is -0.125. The molecule has 1 atom stereocenters. The molecule has 0 bridgehead atoms. The van der Waals surface area contributed by atoms with Crippen molar-refractivity contribution in [3.63, 3.8) is 0 Å². The van der Waals surface area contributed by atoms with Crippen LogP contribution in [0.25, 0.3) is 11.0 Å². The molecule has 2 aromatic carbocycles. The predicted octanol–water partition coefficient (Wildman–Crippen LogP) is 4.10. The zero-order valence-electron chi connectivity index (χ0n) is 11.7. The summed E-state index contributed by atoms with van der Waals surface area (Å²) in [4.78, 5) is 12.2. The van der Waals surface area contributed by atoms with Crippen LogP contribution < -0.4 is 5.73 Å². The van der Waals surface area contributed by atoms with E-state index in [1.54, 1.807) is 6.07 Å². The molecule has 0 amide bonds. The van der Waals surface area contributed by atoms with Crippen LogP contribution >= 0.6 is 0 Å². The highest BCUT2D eigenvalue weighted by Gasteiger charge is 2.14. The smallest absolute Gasteiger partial charge is 0.198 e. The number of nitrogens with two attached hydrogens (primary N) is 1. The number of hydrogen-bond acceptors (Lipinski definition) is 3. The number of benzene rings is 2. The van der Waals surface area contributed by atoms with Crippen molar-refractivity contribution >= 4 is 16.8 Å². The highest BCUT2D eigenvalue weighted by molar-refractivity contribution is 5.97. The Bertz CT molecular complexity index is 713. The minimum Gasteiger partial charge on any atom is -0.453 e. The van der Waals surface area contributed by atoms with Crippen LogP contribution in [-0.4, -0.2) is 5.78 Å². The maximum atomic E-state index is 12.2. The number of carbonyl (C=O) groups is 1. The molecule has 0 saturated carbocycles. The Labute approximate surface area is 123 Å². The first-order valence-corrected chi connectivity index (χ1v) is 7.06. The third kappa shape index (κ3) is 3.03. The van der Waals surface area contributed by atoms with E-state index in [1.807, 2.05) is 54.6 Å². The van der Waals surface area contributed by atoms with Gasteiger partial charge in [-0.05, 0) is 24.1 Å². The van der Waals surface area contributed by atoms with Gasteiger partial charge < -0.3 is 10.2 Å². The lowest BCUT2D eigenvalue weighted by atomic mass is 10.0. The molecule has 1 unspecified atom stereocenters. The molecule has 0 fully saturated rings. The van der Waals surface area contributed by atoms with Crippen molar-refractivity contribution in [3.05, 3.63) is 72.0 Å². The van der Waals surface area contributed by atoms with E-state index in [-0.39, 0.29) is 11.8 Å². The summed E-state index contributed by atoms with van der Waals surface area (Å²) in [6.45, 7) is 0. The maximum Gasteiger partial charge on any atom is 0.198 e. The van der Waals surface area contributed by atoms with Crippen molar-refractivity contribution in [2.45, 2.75) is 18.9 Å². The van der Waals surface area contributed by atoms with Gasteiger partial charge in [-0.25, -0.2) is 0 Å². The Morgan fingerprint density at radius 3 is 2.52 bits per heavy atom. The van der Waals surface area contributed by atoms with Crippen molar-refractivity contribution < 1.29 is 9.21 Å². The molecule has 3 aromatic rings. The van der Waals surface area contributed by atoms with E-state index in [0.29, 0.717) is 18.6 Å². The van der Waals surface area contributed by atoms with E-state index in [1.165, 1.54) is 0 Å². The molecular weight excluding hydrogens is 262 g/mol. The van der Waals surface area contributed by atoms with Crippen LogP contribution in [0.15, 0.2) is 65.1 Å². The standard InChI is InChI=1S/C18H17NO2/c19-15(13-6-2-1-3-7-13)10-11-16(20)18-12-14-8-4-5-9-17(14)21-18/h1-9,12,15H,10-11,19H2. The number of fused-ring (bicyclic) bond motifs is 1. The third-order valence-electron chi connectivity index (χ3n) is 3.61. The monoisotopic (exact) mass is 279 g/mol. The highest BCUT2D eigenvalue weighted by atomic mass is 16.3. The highest BCUT2D eigenvalue weighted by Crippen LogP contribution is 2.22. The molecule has 0 saturated heterocycles. The molecule has 3 heteroatoms. The molecule has 1 aromatic heterocycles. The van der Waals surface area contributed by atoms with Crippen molar-refractivity contribution in [2.24, 2.45) is 5.73 Å². The summed E-state index contributed by atoms with van der Waals surface area (Å²) < 4.78 is 5.58. The summed E-state index contributed by atoms with van der Waals surface area (Å²) >= 11 is 0. The van der Waals surface area contributed by atoms with Crippen molar-refractivity contribution in [1.82, 2.24) is 0 Å². The molecular formula is C18H17NO2. The van der Waals surface area contributed by atoms with Crippen molar-refractivity contribution in [3.8, 4) is 0 Å². The maximum absolute atomic E-state index is 12.2. The lowest BCUT2D eigenvalue weighted by Gasteiger charge is -2.10. The quantitative estimate of drug-likeness (QED) is 0.715. The molecule has 0 radical (unpaired) electrons. The summed E-state index contributed by atoms with van der Waals surface area (Å²) in [7, 11) is 0. The van der Waals surface area contributed by atoms with Gasteiger partial charge in [0.25, 0.3) is 0 Å². The van der Waals surface area contributed by atoms with Crippen molar-refractivity contribution in [2.75, 3.05) is 0 Å². The molecule has 0 spiro atoms. The molecule has 3 rings (SSSR count). The zero-order valence-corrected chi connectivity index (χ0v) is 11.7. The van der Waals surface area contributed by atoms with Crippen LogP contribution in [0.5, 0.6) is 0 Å². The van der Waals surface area contributed by atoms with Gasteiger partial charge in [-0.15, -0.1) is 0 Å². The number of Topliss-reactive ketones (excluding diaryl/α,β-unsaturated/α-hetero) is 1. The van der Waals surface area contributed by atoms with Gasteiger partial charge in [0.05, 0.1) is 0 Å². The number of rotatable bonds is 5. The Morgan fingerprint density at radius 1 is 1.05 bits per heavy atom.